The number of carbonyl (C=O) groups is 3. The number of nitrogens with zero attached hydrogens (tertiary/aromatic N) is 2. The van der Waals surface area contributed by atoms with Crippen molar-refractivity contribution in [3.05, 3.63) is 105 Å². The zero-order chi connectivity index (χ0) is 26.1. The molecule has 1 aliphatic heterocycles. The number of benzene rings is 3. The van der Waals surface area contributed by atoms with Crippen molar-refractivity contribution in [1.82, 2.24) is 9.47 Å². The summed E-state index contributed by atoms with van der Waals surface area (Å²) in [5.41, 5.74) is 2.88. The van der Waals surface area contributed by atoms with Crippen LogP contribution in [0.25, 0.3) is 17.0 Å². The molecule has 3 amide bonds. The molecular weight excluding hydrogens is 564 g/mol. The molecule has 0 spiro atoms. The average Bonchev–Trinajstić information content (AvgIpc) is 3.33. The second-order valence-electron chi connectivity index (χ2n) is 8.32. The summed E-state index contributed by atoms with van der Waals surface area (Å²) in [5, 5.41) is 2.85. The third kappa shape index (κ3) is 5.50. The molecule has 0 bridgehead atoms. The number of halogens is 3. The van der Waals surface area contributed by atoms with E-state index in [1.807, 2.05) is 29.0 Å². The lowest BCUT2D eigenvalue weighted by atomic mass is 10.1. The Morgan fingerprint density at radius 1 is 0.973 bits per heavy atom. The minimum absolute atomic E-state index is 0.195. The van der Waals surface area contributed by atoms with Gasteiger partial charge in [-0.05, 0) is 78.0 Å². The first-order chi connectivity index (χ1) is 17.8. The lowest BCUT2D eigenvalue weighted by molar-refractivity contribution is -0.127. The van der Waals surface area contributed by atoms with E-state index in [4.69, 9.17) is 0 Å². The van der Waals surface area contributed by atoms with Gasteiger partial charge in [0.25, 0.3) is 11.1 Å². The molecule has 0 aliphatic carbocycles. The fourth-order valence-electron chi connectivity index (χ4n) is 3.98. The highest BCUT2D eigenvalue weighted by atomic mass is 79.9. The normalized spacial score (nSPS) is 14.7. The smallest absolute Gasteiger partial charge is 0.294 e. The third-order valence-corrected chi connectivity index (χ3v) is 7.13. The SMILES string of the molecule is O=C(CN1C(=O)S/C(=C\c2cn(Cc3ccc(F)cc3)c3ccc(Br)cc23)C1=O)Nc1ccc(F)cc1. The van der Waals surface area contributed by atoms with Gasteiger partial charge in [0.1, 0.15) is 18.2 Å². The lowest BCUT2D eigenvalue weighted by Gasteiger charge is -2.12. The van der Waals surface area contributed by atoms with Crippen LogP contribution in [-0.4, -0.2) is 33.1 Å². The molecule has 10 heteroatoms. The molecule has 0 radical (unpaired) electrons. The first-order valence-corrected chi connectivity index (χ1v) is 12.7. The Morgan fingerprint density at radius 3 is 2.35 bits per heavy atom. The highest BCUT2D eigenvalue weighted by Crippen LogP contribution is 2.35. The zero-order valence-electron chi connectivity index (χ0n) is 19.1. The van der Waals surface area contributed by atoms with E-state index in [2.05, 4.69) is 21.2 Å². The first kappa shape index (κ1) is 24.9. The molecule has 4 aromatic rings. The molecule has 6 nitrogen and oxygen atoms in total. The van der Waals surface area contributed by atoms with Crippen molar-refractivity contribution in [1.29, 1.82) is 0 Å². The Hall–Kier alpha value is -3.76. The summed E-state index contributed by atoms with van der Waals surface area (Å²) in [6.45, 7) is 0.0224. The topological polar surface area (TPSA) is 71.4 Å². The summed E-state index contributed by atoms with van der Waals surface area (Å²) in [6.07, 6.45) is 3.51. The Kier molecular flexibility index (Phi) is 6.94. The summed E-state index contributed by atoms with van der Waals surface area (Å²) in [7, 11) is 0. The van der Waals surface area contributed by atoms with E-state index in [0.29, 0.717) is 12.2 Å². The van der Waals surface area contributed by atoms with Gasteiger partial charge in [0.15, 0.2) is 0 Å². The van der Waals surface area contributed by atoms with Crippen LogP contribution in [0.2, 0.25) is 0 Å². The van der Waals surface area contributed by atoms with Gasteiger partial charge in [-0.2, -0.15) is 0 Å². The molecule has 1 aliphatic rings. The minimum Gasteiger partial charge on any atom is -0.342 e. The van der Waals surface area contributed by atoms with Gasteiger partial charge in [-0.3, -0.25) is 19.3 Å². The van der Waals surface area contributed by atoms with E-state index in [-0.39, 0.29) is 10.7 Å². The van der Waals surface area contributed by atoms with Crippen LogP contribution in [0, 0.1) is 11.6 Å². The predicted octanol–water partition coefficient (Wildman–Crippen LogP) is 6.41. The maximum atomic E-state index is 13.3. The van der Waals surface area contributed by atoms with Gasteiger partial charge in [-0.15, -0.1) is 0 Å². The van der Waals surface area contributed by atoms with Crippen molar-refractivity contribution in [3.63, 3.8) is 0 Å². The van der Waals surface area contributed by atoms with Crippen LogP contribution in [-0.2, 0) is 16.1 Å². The maximum absolute atomic E-state index is 13.3. The molecule has 1 N–H and O–H groups in total. The van der Waals surface area contributed by atoms with Gasteiger partial charge in [0, 0.05) is 39.4 Å². The van der Waals surface area contributed by atoms with E-state index in [1.165, 1.54) is 36.4 Å². The monoisotopic (exact) mass is 581 g/mol. The molecule has 1 fully saturated rings. The summed E-state index contributed by atoms with van der Waals surface area (Å²) in [6, 6.07) is 17.2. The number of thioether (sulfide) groups is 1. The third-order valence-electron chi connectivity index (χ3n) is 5.73. The Balaban J connectivity index is 1.39. The number of amides is 3. The highest BCUT2D eigenvalue weighted by molar-refractivity contribution is 9.10. The van der Waals surface area contributed by atoms with Gasteiger partial charge in [0.05, 0.1) is 4.91 Å². The summed E-state index contributed by atoms with van der Waals surface area (Å²) in [4.78, 5) is 39.1. The fourth-order valence-corrected chi connectivity index (χ4v) is 5.17. The van der Waals surface area contributed by atoms with E-state index >= 15 is 0 Å². The molecule has 5 rings (SSSR count). The quantitative estimate of drug-likeness (QED) is 0.267. The van der Waals surface area contributed by atoms with E-state index in [9.17, 15) is 23.2 Å². The number of anilines is 1. The first-order valence-electron chi connectivity index (χ1n) is 11.1. The molecule has 1 aromatic heterocycles. The van der Waals surface area contributed by atoms with Crippen LogP contribution in [0.5, 0.6) is 0 Å². The number of rotatable bonds is 6. The van der Waals surface area contributed by atoms with Crippen LogP contribution in [0.1, 0.15) is 11.1 Å². The molecular formula is C27H18BrF2N3O3S. The van der Waals surface area contributed by atoms with E-state index < -0.39 is 29.4 Å². The van der Waals surface area contributed by atoms with Crippen molar-refractivity contribution in [2.45, 2.75) is 6.54 Å². The second-order valence-corrected chi connectivity index (χ2v) is 10.2. The van der Waals surface area contributed by atoms with Crippen LogP contribution >= 0.6 is 27.7 Å². The van der Waals surface area contributed by atoms with Crippen LogP contribution in [0.3, 0.4) is 0 Å². The molecule has 37 heavy (non-hydrogen) atoms. The van der Waals surface area contributed by atoms with Crippen molar-refractivity contribution in [2.24, 2.45) is 0 Å². The summed E-state index contributed by atoms with van der Waals surface area (Å²) >= 11 is 4.24. The van der Waals surface area contributed by atoms with Crippen molar-refractivity contribution >= 4 is 67.4 Å². The van der Waals surface area contributed by atoms with Crippen molar-refractivity contribution < 1.29 is 23.2 Å². The van der Waals surface area contributed by atoms with Gasteiger partial charge in [0.2, 0.25) is 5.91 Å². The molecule has 0 atom stereocenters. The summed E-state index contributed by atoms with van der Waals surface area (Å²) < 4.78 is 29.3. The molecule has 0 unspecified atom stereocenters. The summed E-state index contributed by atoms with van der Waals surface area (Å²) in [5.74, 6) is -1.90. The van der Waals surface area contributed by atoms with Crippen LogP contribution in [0.15, 0.2) is 82.3 Å². The molecule has 0 saturated carbocycles. The van der Waals surface area contributed by atoms with Crippen molar-refractivity contribution in [3.8, 4) is 0 Å². The second kappa shape index (κ2) is 10.3. The molecule has 1 saturated heterocycles. The van der Waals surface area contributed by atoms with Gasteiger partial charge < -0.3 is 9.88 Å². The van der Waals surface area contributed by atoms with Gasteiger partial charge in [-0.25, -0.2) is 8.78 Å². The fraction of sp³-hybridized carbons (Fsp3) is 0.0741. The Labute approximate surface area is 223 Å². The number of aromatic nitrogens is 1. The van der Waals surface area contributed by atoms with Crippen molar-refractivity contribution in [2.75, 3.05) is 11.9 Å². The molecule has 3 aromatic carbocycles. The number of hydrogen-bond donors (Lipinski definition) is 1. The van der Waals surface area contributed by atoms with E-state index in [0.717, 1.165) is 43.2 Å². The number of hydrogen-bond acceptors (Lipinski definition) is 4. The maximum Gasteiger partial charge on any atom is 0.294 e. The number of fused-ring (bicyclic) bond motifs is 1. The Morgan fingerprint density at radius 2 is 1.65 bits per heavy atom. The van der Waals surface area contributed by atoms with E-state index in [1.54, 1.807) is 18.2 Å². The van der Waals surface area contributed by atoms with Gasteiger partial charge >= 0.3 is 0 Å². The average molecular weight is 582 g/mol. The number of carbonyl (C=O) groups excluding carboxylic acids is 3. The molecule has 2 heterocycles. The van der Waals surface area contributed by atoms with Gasteiger partial charge in [-0.1, -0.05) is 28.1 Å². The molecule has 186 valence electrons. The Bertz CT molecular complexity index is 1570. The minimum atomic E-state index is -0.574. The van der Waals surface area contributed by atoms with Crippen LogP contribution < -0.4 is 5.32 Å². The number of nitrogens with one attached hydrogen (secondary N) is 1. The largest absolute Gasteiger partial charge is 0.342 e. The zero-order valence-corrected chi connectivity index (χ0v) is 21.5. The highest BCUT2D eigenvalue weighted by Gasteiger charge is 2.36. The predicted molar refractivity (Wildman–Crippen MR) is 143 cm³/mol. The standard InChI is InChI=1S/C27H18BrF2N3O3S/c28-18-3-10-23-22(12-18)17(14-32(23)13-16-1-4-19(29)5-2-16)11-24-26(35)33(27(36)37-24)15-25(34)31-21-8-6-20(30)7-9-21/h1-12,14H,13,15H2,(H,31,34)/b24-11-. The van der Waals surface area contributed by atoms with Crippen LogP contribution in [0.4, 0.5) is 19.3 Å². The number of imide groups is 1. The lowest BCUT2D eigenvalue weighted by Crippen LogP contribution is -2.36.